The first-order chi connectivity index (χ1) is 13.8. The number of aryl methyl sites for hydroxylation is 2. The van der Waals surface area contributed by atoms with Crippen molar-refractivity contribution in [3.8, 4) is 11.5 Å². The third kappa shape index (κ3) is 5.45. The summed E-state index contributed by atoms with van der Waals surface area (Å²) in [5.41, 5.74) is 3.03. The predicted molar refractivity (Wildman–Crippen MR) is 113 cm³/mol. The van der Waals surface area contributed by atoms with Gasteiger partial charge in [0.2, 0.25) is 17.7 Å². The number of hydrogen-bond donors (Lipinski definition) is 2. The molecule has 0 saturated heterocycles. The molecule has 0 aliphatic heterocycles. The van der Waals surface area contributed by atoms with Crippen LogP contribution in [0.1, 0.15) is 36.4 Å². The van der Waals surface area contributed by atoms with Gasteiger partial charge in [-0.3, -0.25) is 9.59 Å². The Kier molecular flexibility index (Phi) is 6.34. The van der Waals surface area contributed by atoms with E-state index < -0.39 is 6.04 Å². The summed E-state index contributed by atoms with van der Waals surface area (Å²) < 4.78 is 5.65. The summed E-state index contributed by atoms with van der Waals surface area (Å²) >= 11 is 5.93. The average Bonchev–Trinajstić information content (AvgIpc) is 3.00. The van der Waals surface area contributed by atoms with E-state index in [1.807, 2.05) is 26.0 Å². The molecule has 2 amide bonds. The Hall–Kier alpha value is -3.12. The number of amides is 2. The molecule has 3 rings (SSSR count). The van der Waals surface area contributed by atoms with Gasteiger partial charge >= 0.3 is 0 Å². The molecule has 150 valence electrons. The zero-order valence-corrected chi connectivity index (χ0v) is 17.2. The predicted octanol–water partition coefficient (Wildman–Crippen LogP) is 4.82. The van der Waals surface area contributed by atoms with Crippen LogP contribution >= 0.6 is 11.6 Å². The standard InChI is InChI=1S/C22H22ClN3O3/c1-13-14(2)29-22(24-13)17-5-4-6-19(11-17)26-21(28)12-20(25-15(3)27)16-7-9-18(23)10-8-16/h4-11,20H,12H2,1-3H3,(H,25,27)(H,26,28). The number of rotatable bonds is 6. The van der Waals surface area contributed by atoms with Gasteiger partial charge in [-0.15, -0.1) is 0 Å². The van der Waals surface area contributed by atoms with E-state index in [1.165, 1.54) is 6.92 Å². The number of carbonyl (C=O) groups excluding carboxylic acids is 2. The fourth-order valence-corrected chi connectivity index (χ4v) is 3.04. The maximum absolute atomic E-state index is 12.6. The van der Waals surface area contributed by atoms with E-state index in [4.69, 9.17) is 16.0 Å². The van der Waals surface area contributed by atoms with Crippen LogP contribution in [0.5, 0.6) is 0 Å². The summed E-state index contributed by atoms with van der Waals surface area (Å²) in [5, 5.41) is 6.27. The molecule has 6 nitrogen and oxygen atoms in total. The fourth-order valence-electron chi connectivity index (χ4n) is 2.92. The Morgan fingerprint density at radius 1 is 1.14 bits per heavy atom. The molecule has 7 heteroatoms. The molecule has 3 aromatic rings. The Balaban J connectivity index is 1.73. The molecule has 29 heavy (non-hydrogen) atoms. The third-order valence-electron chi connectivity index (χ3n) is 4.46. The minimum Gasteiger partial charge on any atom is -0.441 e. The van der Waals surface area contributed by atoms with Crippen LogP contribution in [0.15, 0.2) is 52.9 Å². The molecular weight excluding hydrogens is 390 g/mol. The van der Waals surface area contributed by atoms with Crippen molar-refractivity contribution in [2.24, 2.45) is 0 Å². The Labute approximate surface area is 174 Å². The van der Waals surface area contributed by atoms with Gasteiger partial charge in [-0.1, -0.05) is 29.8 Å². The molecule has 1 heterocycles. The minimum absolute atomic E-state index is 0.0860. The summed E-state index contributed by atoms with van der Waals surface area (Å²) in [6.45, 7) is 5.16. The van der Waals surface area contributed by atoms with Gasteiger partial charge in [-0.05, 0) is 49.7 Å². The SMILES string of the molecule is CC(=O)NC(CC(=O)Nc1cccc(-c2nc(C)c(C)o2)c1)c1ccc(Cl)cc1. The van der Waals surface area contributed by atoms with Crippen molar-refractivity contribution in [3.63, 3.8) is 0 Å². The summed E-state index contributed by atoms with van der Waals surface area (Å²) in [5.74, 6) is 0.828. The molecule has 0 saturated carbocycles. The Bertz CT molecular complexity index is 1010. The van der Waals surface area contributed by atoms with E-state index in [-0.39, 0.29) is 18.2 Å². The lowest BCUT2D eigenvalue weighted by Gasteiger charge is -2.18. The molecule has 0 radical (unpaired) electrons. The molecule has 0 aliphatic rings. The second-order valence-corrected chi connectivity index (χ2v) is 7.23. The quantitative estimate of drug-likeness (QED) is 0.609. The van der Waals surface area contributed by atoms with Gasteiger partial charge in [0, 0.05) is 23.2 Å². The highest BCUT2D eigenvalue weighted by Gasteiger charge is 2.18. The van der Waals surface area contributed by atoms with Gasteiger partial charge in [0.15, 0.2) is 0 Å². The molecule has 2 N–H and O–H groups in total. The van der Waals surface area contributed by atoms with Gasteiger partial charge in [0.1, 0.15) is 5.76 Å². The van der Waals surface area contributed by atoms with Crippen molar-refractivity contribution < 1.29 is 14.0 Å². The van der Waals surface area contributed by atoms with E-state index in [2.05, 4.69) is 15.6 Å². The van der Waals surface area contributed by atoms with Crippen molar-refractivity contribution in [2.75, 3.05) is 5.32 Å². The first kappa shape index (κ1) is 20.6. The molecule has 1 aromatic heterocycles. The fraction of sp³-hybridized carbons (Fsp3) is 0.227. The average molecular weight is 412 g/mol. The summed E-state index contributed by atoms with van der Waals surface area (Å²) in [6, 6.07) is 13.9. The number of carbonyl (C=O) groups is 2. The normalized spacial score (nSPS) is 11.7. The highest BCUT2D eigenvalue weighted by Crippen LogP contribution is 2.25. The number of halogens is 1. The number of nitrogens with one attached hydrogen (secondary N) is 2. The van der Waals surface area contributed by atoms with Crippen LogP contribution in [0.4, 0.5) is 5.69 Å². The Morgan fingerprint density at radius 2 is 1.86 bits per heavy atom. The van der Waals surface area contributed by atoms with Gasteiger partial charge in [0.25, 0.3) is 0 Å². The maximum atomic E-state index is 12.6. The summed E-state index contributed by atoms with van der Waals surface area (Å²) in [4.78, 5) is 28.6. The van der Waals surface area contributed by atoms with E-state index in [1.54, 1.807) is 36.4 Å². The molecule has 1 unspecified atom stereocenters. The lowest BCUT2D eigenvalue weighted by Crippen LogP contribution is -2.29. The molecule has 1 atom stereocenters. The van der Waals surface area contributed by atoms with E-state index >= 15 is 0 Å². The van der Waals surface area contributed by atoms with Gasteiger partial charge in [-0.25, -0.2) is 4.98 Å². The molecule has 0 aliphatic carbocycles. The van der Waals surface area contributed by atoms with E-state index in [9.17, 15) is 9.59 Å². The summed E-state index contributed by atoms with van der Waals surface area (Å²) in [7, 11) is 0. The van der Waals surface area contributed by atoms with Crippen LogP contribution < -0.4 is 10.6 Å². The zero-order chi connectivity index (χ0) is 21.0. The second-order valence-electron chi connectivity index (χ2n) is 6.80. The zero-order valence-electron chi connectivity index (χ0n) is 16.5. The van der Waals surface area contributed by atoms with Gasteiger partial charge in [0.05, 0.1) is 18.2 Å². The van der Waals surface area contributed by atoms with Crippen molar-refractivity contribution in [1.82, 2.24) is 10.3 Å². The lowest BCUT2D eigenvalue weighted by atomic mass is 10.0. The van der Waals surface area contributed by atoms with Crippen LogP contribution in [-0.4, -0.2) is 16.8 Å². The smallest absolute Gasteiger partial charge is 0.226 e. The number of oxazole rings is 1. The topological polar surface area (TPSA) is 84.2 Å². The number of benzene rings is 2. The van der Waals surface area contributed by atoms with Gasteiger partial charge in [-0.2, -0.15) is 0 Å². The number of hydrogen-bond acceptors (Lipinski definition) is 4. The van der Waals surface area contributed by atoms with Crippen LogP contribution in [0.2, 0.25) is 5.02 Å². The van der Waals surface area contributed by atoms with E-state index in [0.717, 1.165) is 22.6 Å². The molecule has 0 fully saturated rings. The summed E-state index contributed by atoms with van der Waals surface area (Å²) in [6.07, 6.45) is 0.0860. The second kappa shape index (κ2) is 8.92. The van der Waals surface area contributed by atoms with Crippen molar-refractivity contribution in [1.29, 1.82) is 0 Å². The highest BCUT2D eigenvalue weighted by atomic mass is 35.5. The van der Waals surface area contributed by atoms with Gasteiger partial charge < -0.3 is 15.1 Å². The largest absolute Gasteiger partial charge is 0.441 e. The monoisotopic (exact) mass is 411 g/mol. The minimum atomic E-state index is -0.454. The van der Waals surface area contributed by atoms with Crippen molar-refractivity contribution >= 4 is 29.1 Å². The molecular formula is C22H22ClN3O3. The molecule has 2 aromatic carbocycles. The van der Waals surface area contributed by atoms with E-state index in [0.29, 0.717) is 16.6 Å². The lowest BCUT2D eigenvalue weighted by molar-refractivity contribution is -0.120. The highest BCUT2D eigenvalue weighted by molar-refractivity contribution is 6.30. The third-order valence-corrected chi connectivity index (χ3v) is 4.71. The number of nitrogens with zero attached hydrogens (tertiary/aromatic N) is 1. The van der Waals surface area contributed by atoms with Crippen molar-refractivity contribution in [3.05, 3.63) is 70.6 Å². The van der Waals surface area contributed by atoms with Crippen LogP contribution in [0.3, 0.4) is 0 Å². The first-order valence-electron chi connectivity index (χ1n) is 9.18. The molecule has 0 spiro atoms. The molecule has 0 bridgehead atoms. The Morgan fingerprint density at radius 3 is 2.48 bits per heavy atom. The van der Waals surface area contributed by atoms with Crippen LogP contribution in [0.25, 0.3) is 11.5 Å². The maximum Gasteiger partial charge on any atom is 0.226 e. The van der Waals surface area contributed by atoms with Crippen molar-refractivity contribution in [2.45, 2.75) is 33.2 Å². The first-order valence-corrected chi connectivity index (χ1v) is 9.56. The number of anilines is 1. The van der Waals surface area contributed by atoms with Crippen LogP contribution in [0, 0.1) is 13.8 Å². The van der Waals surface area contributed by atoms with Crippen LogP contribution in [-0.2, 0) is 9.59 Å². The number of aromatic nitrogens is 1.